The Kier molecular flexibility index (Phi) is 4.16. The lowest BCUT2D eigenvalue weighted by atomic mass is 10.2. The van der Waals surface area contributed by atoms with Crippen molar-refractivity contribution in [3.05, 3.63) is 71.1 Å². The molecule has 110 valence electrons. The van der Waals surface area contributed by atoms with Gasteiger partial charge in [0.2, 0.25) is 0 Å². The van der Waals surface area contributed by atoms with E-state index in [-0.39, 0.29) is 12.1 Å². The summed E-state index contributed by atoms with van der Waals surface area (Å²) in [4.78, 5) is 20.6. The largest absolute Gasteiger partial charge is 0.365 e. The number of hydrogen-bond donors (Lipinski definition) is 2. The van der Waals surface area contributed by atoms with Crippen LogP contribution >= 0.6 is 11.6 Å². The zero-order valence-electron chi connectivity index (χ0n) is 11.5. The Balaban J connectivity index is 1.62. The smallest absolute Gasteiger partial charge is 0.253 e. The van der Waals surface area contributed by atoms with Gasteiger partial charge >= 0.3 is 0 Å². The Morgan fingerprint density at radius 2 is 2.00 bits per heavy atom. The molecule has 0 fully saturated rings. The lowest BCUT2D eigenvalue weighted by Crippen LogP contribution is -2.45. The Morgan fingerprint density at radius 3 is 2.64 bits per heavy atom. The van der Waals surface area contributed by atoms with Gasteiger partial charge in [-0.25, -0.2) is 0 Å². The zero-order valence-corrected chi connectivity index (χ0v) is 12.3. The Hall–Kier alpha value is -2.66. The van der Waals surface area contributed by atoms with Crippen molar-refractivity contribution in [3.8, 4) is 0 Å². The summed E-state index contributed by atoms with van der Waals surface area (Å²) in [6, 6.07) is 12.3. The molecule has 22 heavy (non-hydrogen) atoms. The van der Waals surface area contributed by atoms with E-state index < -0.39 is 0 Å². The number of nitrogens with zero attached hydrogens (tertiary/aromatic N) is 2. The molecule has 1 amide bonds. The van der Waals surface area contributed by atoms with E-state index in [1.807, 2.05) is 18.2 Å². The molecule has 2 N–H and O–H groups in total. The normalized spacial score (nSPS) is 16.6. The van der Waals surface area contributed by atoms with Crippen molar-refractivity contribution in [2.45, 2.75) is 6.17 Å². The number of aromatic nitrogens is 1. The number of hydrogen-bond acceptors (Lipinski definition) is 4. The summed E-state index contributed by atoms with van der Waals surface area (Å²) >= 11 is 5.80. The van der Waals surface area contributed by atoms with Crippen molar-refractivity contribution >= 4 is 29.4 Å². The second kappa shape index (κ2) is 6.41. The molecule has 1 unspecified atom stereocenters. The minimum absolute atomic E-state index is 0.199. The van der Waals surface area contributed by atoms with Gasteiger partial charge in [-0.1, -0.05) is 17.7 Å². The second-order valence-electron chi connectivity index (χ2n) is 4.65. The summed E-state index contributed by atoms with van der Waals surface area (Å²) in [6.45, 7) is 0. The first-order chi connectivity index (χ1) is 10.7. The molecule has 1 aromatic heterocycles. The van der Waals surface area contributed by atoms with Gasteiger partial charge in [-0.2, -0.15) is 0 Å². The highest BCUT2D eigenvalue weighted by Crippen LogP contribution is 2.13. The molecule has 2 aromatic rings. The predicted octanol–water partition coefficient (Wildman–Crippen LogP) is 2.46. The fourth-order valence-electron chi connectivity index (χ4n) is 1.96. The lowest BCUT2D eigenvalue weighted by molar-refractivity contribution is 0.0944. The number of benzene rings is 1. The molecule has 3 rings (SSSR count). The summed E-state index contributed by atoms with van der Waals surface area (Å²) in [7, 11) is 0. The van der Waals surface area contributed by atoms with Gasteiger partial charge in [0.05, 0.1) is 5.69 Å². The highest BCUT2D eigenvalue weighted by atomic mass is 35.5. The quantitative estimate of drug-likeness (QED) is 0.915. The first kappa shape index (κ1) is 14.3. The molecular formula is C16H13ClN4O. The Morgan fingerprint density at radius 1 is 1.18 bits per heavy atom. The first-order valence-electron chi connectivity index (χ1n) is 6.70. The highest BCUT2D eigenvalue weighted by Gasteiger charge is 2.14. The second-order valence-corrected chi connectivity index (χ2v) is 5.08. The number of aliphatic imine (C=N–C) groups is 1. The Bertz CT molecular complexity index is 726. The molecule has 0 saturated carbocycles. The average Bonchev–Trinajstić information content (AvgIpc) is 2.57. The minimum Gasteiger partial charge on any atom is -0.365 e. The predicted molar refractivity (Wildman–Crippen MR) is 86.5 cm³/mol. The standard InChI is InChI=1S/C16H13ClN4O/c17-12-6-4-11(5-7-12)16(22)21-15-10-19-14(9-20-15)13-3-1-2-8-18-13/h1-10,15,20H,(H,21,22). The van der Waals surface area contributed by atoms with Crippen LogP contribution in [0.4, 0.5) is 0 Å². The molecule has 0 aliphatic carbocycles. The average molecular weight is 313 g/mol. The van der Waals surface area contributed by atoms with Crippen LogP contribution in [0, 0.1) is 0 Å². The van der Waals surface area contributed by atoms with Crippen molar-refractivity contribution in [2.24, 2.45) is 4.99 Å². The minimum atomic E-state index is -0.365. The molecule has 1 aromatic carbocycles. The van der Waals surface area contributed by atoms with Crippen LogP contribution in [0.2, 0.25) is 5.02 Å². The van der Waals surface area contributed by atoms with Gasteiger partial charge in [0.1, 0.15) is 11.9 Å². The van der Waals surface area contributed by atoms with Gasteiger partial charge in [-0.05, 0) is 36.4 Å². The van der Waals surface area contributed by atoms with E-state index in [2.05, 4.69) is 20.6 Å². The van der Waals surface area contributed by atoms with E-state index in [9.17, 15) is 4.79 Å². The van der Waals surface area contributed by atoms with Gasteiger partial charge < -0.3 is 10.6 Å². The monoisotopic (exact) mass is 312 g/mol. The molecular weight excluding hydrogens is 300 g/mol. The Labute approximate surface area is 132 Å². The fraction of sp³-hybridized carbons (Fsp3) is 0.0625. The molecule has 1 aliphatic heterocycles. The van der Waals surface area contributed by atoms with Crippen molar-refractivity contribution in [1.82, 2.24) is 15.6 Å². The first-order valence-corrected chi connectivity index (χ1v) is 7.08. The van der Waals surface area contributed by atoms with Crippen LogP contribution in [0.3, 0.4) is 0 Å². The summed E-state index contributed by atoms with van der Waals surface area (Å²) in [5.74, 6) is -0.199. The van der Waals surface area contributed by atoms with Crippen molar-refractivity contribution in [3.63, 3.8) is 0 Å². The van der Waals surface area contributed by atoms with Crippen LogP contribution in [-0.4, -0.2) is 23.3 Å². The number of rotatable bonds is 3. The number of halogens is 1. The summed E-state index contributed by atoms with van der Waals surface area (Å²) in [5, 5.41) is 6.48. The van der Waals surface area contributed by atoms with Gasteiger partial charge in [-0.3, -0.25) is 14.8 Å². The number of pyridine rings is 1. The van der Waals surface area contributed by atoms with E-state index in [0.29, 0.717) is 10.6 Å². The molecule has 0 radical (unpaired) electrons. The maximum absolute atomic E-state index is 12.1. The van der Waals surface area contributed by atoms with Gasteiger partial charge in [0.25, 0.3) is 5.91 Å². The van der Waals surface area contributed by atoms with Gasteiger partial charge in [0, 0.05) is 29.2 Å². The highest BCUT2D eigenvalue weighted by molar-refractivity contribution is 6.30. The summed E-state index contributed by atoms with van der Waals surface area (Å²) in [6.07, 6.45) is 4.71. The van der Waals surface area contributed by atoms with Gasteiger partial charge in [-0.15, -0.1) is 0 Å². The summed E-state index contributed by atoms with van der Waals surface area (Å²) < 4.78 is 0. The number of nitrogens with one attached hydrogen (secondary N) is 2. The van der Waals surface area contributed by atoms with E-state index in [0.717, 1.165) is 11.4 Å². The molecule has 5 nitrogen and oxygen atoms in total. The topological polar surface area (TPSA) is 66.4 Å². The maximum Gasteiger partial charge on any atom is 0.253 e. The zero-order chi connectivity index (χ0) is 15.4. The van der Waals surface area contributed by atoms with Crippen LogP contribution in [0.5, 0.6) is 0 Å². The van der Waals surface area contributed by atoms with Crippen LogP contribution in [0.15, 0.2) is 59.9 Å². The molecule has 6 heteroatoms. The third-order valence-electron chi connectivity index (χ3n) is 3.08. The molecule has 0 spiro atoms. The van der Waals surface area contributed by atoms with E-state index in [1.54, 1.807) is 42.9 Å². The number of carbonyl (C=O) groups is 1. The van der Waals surface area contributed by atoms with Crippen LogP contribution in [-0.2, 0) is 0 Å². The molecule has 1 aliphatic rings. The summed E-state index contributed by atoms with van der Waals surface area (Å²) in [5.41, 5.74) is 2.03. The maximum atomic E-state index is 12.1. The van der Waals surface area contributed by atoms with Crippen molar-refractivity contribution < 1.29 is 4.79 Å². The van der Waals surface area contributed by atoms with Crippen LogP contribution < -0.4 is 10.6 Å². The van der Waals surface area contributed by atoms with E-state index in [1.165, 1.54) is 0 Å². The fourth-order valence-corrected chi connectivity index (χ4v) is 2.09. The third-order valence-corrected chi connectivity index (χ3v) is 3.33. The van der Waals surface area contributed by atoms with Gasteiger partial charge in [0.15, 0.2) is 0 Å². The number of amides is 1. The number of carbonyl (C=O) groups excluding carboxylic acids is 1. The SMILES string of the molecule is O=C(NC1C=NC(c2ccccn2)=CN1)c1ccc(Cl)cc1. The molecule has 1 atom stereocenters. The molecule has 2 heterocycles. The van der Waals surface area contributed by atoms with E-state index in [4.69, 9.17) is 11.6 Å². The molecule has 0 saturated heterocycles. The molecule has 0 bridgehead atoms. The van der Waals surface area contributed by atoms with E-state index >= 15 is 0 Å². The van der Waals surface area contributed by atoms with Crippen LogP contribution in [0.1, 0.15) is 16.1 Å². The van der Waals surface area contributed by atoms with Crippen molar-refractivity contribution in [2.75, 3.05) is 0 Å². The third kappa shape index (κ3) is 3.32. The van der Waals surface area contributed by atoms with Crippen molar-refractivity contribution in [1.29, 1.82) is 0 Å². The lowest BCUT2D eigenvalue weighted by Gasteiger charge is -2.19. The van der Waals surface area contributed by atoms with Crippen LogP contribution in [0.25, 0.3) is 5.70 Å².